The van der Waals surface area contributed by atoms with Gasteiger partial charge in [0, 0.05) is 37.6 Å². The SMILES string of the molecule is Cc1cn2cc(NC(=O)c3cnc(N4C[C@@H](C)[C@H](N)C4)cn3)cc(F)c2n1. The van der Waals surface area contributed by atoms with Crippen molar-refractivity contribution in [2.45, 2.75) is 19.9 Å². The second-order valence-electron chi connectivity index (χ2n) is 6.95. The van der Waals surface area contributed by atoms with E-state index >= 15 is 0 Å². The van der Waals surface area contributed by atoms with Gasteiger partial charge in [0.1, 0.15) is 11.5 Å². The van der Waals surface area contributed by atoms with E-state index in [1.54, 1.807) is 25.5 Å². The number of hydrogen-bond donors (Lipinski definition) is 2. The molecule has 9 heteroatoms. The summed E-state index contributed by atoms with van der Waals surface area (Å²) in [4.78, 5) is 27.1. The molecule has 0 saturated carbocycles. The Hall–Kier alpha value is -3.07. The van der Waals surface area contributed by atoms with Gasteiger partial charge in [-0.05, 0) is 12.8 Å². The number of rotatable bonds is 3. The van der Waals surface area contributed by atoms with Gasteiger partial charge in [0.25, 0.3) is 5.91 Å². The largest absolute Gasteiger partial charge is 0.353 e. The summed E-state index contributed by atoms with van der Waals surface area (Å²) in [5.74, 6) is 0.0945. The Labute approximate surface area is 155 Å². The van der Waals surface area contributed by atoms with Crippen molar-refractivity contribution in [3.8, 4) is 0 Å². The van der Waals surface area contributed by atoms with Crippen LogP contribution in [0, 0.1) is 18.7 Å². The lowest BCUT2D eigenvalue weighted by Gasteiger charge is -2.16. The molecular formula is C18H20FN7O. The molecule has 4 heterocycles. The van der Waals surface area contributed by atoms with E-state index < -0.39 is 11.7 Å². The number of aromatic nitrogens is 4. The Morgan fingerprint density at radius 3 is 2.78 bits per heavy atom. The number of nitrogens with one attached hydrogen (secondary N) is 1. The Bertz CT molecular complexity index is 991. The maximum atomic E-state index is 14.1. The number of halogens is 1. The van der Waals surface area contributed by atoms with E-state index in [-0.39, 0.29) is 17.4 Å². The second kappa shape index (κ2) is 6.58. The van der Waals surface area contributed by atoms with Crippen molar-refractivity contribution in [3.63, 3.8) is 0 Å². The lowest BCUT2D eigenvalue weighted by atomic mass is 10.1. The molecule has 0 aromatic carbocycles. The molecule has 0 bridgehead atoms. The van der Waals surface area contributed by atoms with Gasteiger partial charge in [0.15, 0.2) is 11.5 Å². The first-order valence-corrected chi connectivity index (χ1v) is 8.69. The second-order valence-corrected chi connectivity index (χ2v) is 6.95. The fourth-order valence-corrected chi connectivity index (χ4v) is 3.22. The van der Waals surface area contributed by atoms with Crippen LogP contribution in [-0.2, 0) is 0 Å². The highest BCUT2D eigenvalue weighted by Gasteiger charge is 2.27. The van der Waals surface area contributed by atoms with E-state index in [9.17, 15) is 9.18 Å². The highest BCUT2D eigenvalue weighted by Crippen LogP contribution is 2.21. The van der Waals surface area contributed by atoms with Crippen LogP contribution in [-0.4, -0.2) is 44.4 Å². The zero-order valence-corrected chi connectivity index (χ0v) is 15.1. The average molecular weight is 369 g/mol. The highest BCUT2D eigenvalue weighted by atomic mass is 19.1. The minimum absolute atomic E-state index is 0.103. The van der Waals surface area contributed by atoms with Crippen LogP contribution in [0.15, 0.2) is 30.9 Å². The molecule has 0 radical (unpaired) electrons. The first kappa shape index (κ1) is 17.3. The molecule has 0 aliphatic carbocycles. The molecule has 3 aromatic heterocycles. The number of carbonyl (C=O) groups excluding carboxylic acids is 1. The Kier molecular flexibility index (Phi) is 4.23. The van der Waals surface area contributed by atoms with Crippen LogP contribution in [0.3, 0.4) is 0 Å². The van der Waals surface area contributed by atoms with Crippen molar-refractivity contribution in [3.05, 3.63) is 48.1 Å². The minimum Gasteiger partial charge on any atom is -0.353 e. The summed E-state index contributed by atoms with van der Waals surface area (Å²) in [5, 5.41) is 2.64. The van der Waals surface area contributed by atoms with Crippen LogP contribution in [0.4, 0.5) is 15.9 Å². The van der Waals surface area contributed by atoms with Crippen LogP contribution in [0.2, 0.25) is 0 Å². The number of nitrogens with two attached hydrogens (primary N) is 1. The fraction of sp³-hybridized carbons (Fsp3) is 0.333. The van der Waals surface area contributed by atoms with Crippen molar-refractivity contribution in [1.82, 2.24) is 19.4 Å². The number of amides is 1. The summed E-state index contributed by atoms with van der Waals surface area (Å²) in [7, 11) is 0. The Morgan fingerprint density at radius 1 is 1.30 bits per heavy atom. The van der Waals surface area contributed by atoms with Crippen LogP contribution in [0.25, 0.3) is 5.65 Å². The molecule has 0 spiro atoms. The van der Waals surface area contributed by atoms with Gasteiger partial charge in [-0.2, -0.15) is 0 Å². The molecule has 3 aromatic rings. The summed E-state index contributed by atoms with van der Waals surface area (Å²) >= 11 is 0. The number of carbonyl (C=O) groups is 1. The molecule has 1 amide bonds. The molecular weight excluding hydrogens is 349 g/mol. The molecule has 27 heavy (non-hydrogen) atoms. The molecule has 140 valence electrons. The monoisotopic (exact) mass is 369 g/mol. The smallest absolute Gasteiger partial charge is 0.275 e. The molecule has 3 N–H and O–H groups in total. The van der Waals surface area contributed by atoms with Gasteiger partial charge in [0.05, 0.1) is 23.8 Å². The first-order chi connectivity index (χ1) is 12.9. The summed E-state index contributed by atoms with van der Waals surface area (Å²) in [6, 6.07) is 1.33. The molecule has 2 atom stereocenters. The summed E-state index contributed by atoms with van der Waals surface area (Å²) in [5.41, 5.74) is 7.40. The summed E-state index contributed by atoms with van der Waals surface area (Å²) in [6.45, 7) is 5.39. The topological polar surface area (TPSA) is 101 Å². The number of anilines is 2. The number of pyridine rings is 1. The van der Waals surface area contributed by atoms with Gasteiger partial charge in [-0.3, -0.25) is 4.79 Å². The lowest BCUT2D eigenvalue weighted by molar-refractivity contribution is 0.102. The zero-order chi connectivity index (χ0) is 19.1. The molecule has 8 nitrogen and oxygen atoms in total. The quantitative estimate of drug-likeness (QED) is 0.727. The third-order valence-corrected chi connectivity index (χ3v) is 4.75. The van der Waals surface area contributed by atoms with E-state index in [1.807, 2.05) is 0 Å². The van der Waals surface area contributed by atoms with Gasteiger partial charge in [-0.1, -0.05) is 6.92 Å². The van der Waals surface area contributed by atoms with E-state index in [4.69, 9.17) is 5.73 Å². The first-order valence-electron chi connectivity index (χ1n) is 8.69. The Balaban J connectivity index is 1.50. The number of aryl methyl sites for hydroxylation is 1. The van der Waals surface area contributed by atoms with E-state index in [0.29, 0.717) is 29.7 Å². The van der Waals surface area contributed by atoms with E-state index in [1.165, 1.54) is 16.7 Å². The van der Waals surface area contributed by atoms with Gasteiger partial charge >= 0.3 is 0 Å². The predicted octanol–water partition coefficient (Wildman–Crippen LogP) is 1.61. The predicted molar refractivity (Wildman–Crippen MR) is 99.2 cm³/mol. The van der Waals surface area contributed by atoms with Crippen molar-refractivity contribution < 1.29 is 9.18 Å². The highest BCUT2D eigenvalue weighted by molar-refractivity contribution is 6.02. The number of fused-ring (bicyclic) bond motifs is 1. The van der Waals surface area contributed by atoms with E-state index in [2.05, 4.69) is 32.1 Å². The molecule has 1 aliphatic heterocycles. The van der Waals surface area contributed by atoms with Crippen molar-refractivity contribution in [2.24, 2.45) is 11.7 Å². The molecule has 1 fully saturated rings. The molecule has 1 saturated heterocycles. The van der Waals surface area contributed by atoms with Gasteiger partial charge in [0.2, 0.25) is 0 Å². The van der Waals surface area contributed by atoms with Crippen LogP contribution in [0.1, 0.15) is 23.1 Å². The van der Waals surface area contributed by atoms with Crippen molar-refractivity contribution in [1.29, 1.82) is 0 Å². The number of nitrogens with zero attached hydrogens (tertiary/aromatic N) is 5. The van der Waals surface area contributed by atoms with Crippen LogP contribution >= 0.6 is 0 Å². The molecule has 4 rings (SSSR count). The normalized spacial score (nSPS) is 19.6. The zero-order valence-electron chi connectivity index (χ0n) is 15.1. The molecule has 0 unspecified atom stereocenters. The minimum atomic E-state index is -0.512. The third-order valence-electron chi connectivity index (χ3n) is 4.75. The lowest BCUT2D eigenvalue weighted by Crippen LogP contribution is -2.28. The van der Waals surface area contributed by atoms with Gasteiger partial charge in [-0.25, -0.2) is 19.3 Å². The fourth-order valence-electron chi connectivity index (χ4n) is 3.22. The molecule has 1 aliphatic rings. The van der Waals surface area contributed by atoms with Crippen LogP contribution in [0.5, 0.6) is 0 Å². The van der Waals surface area contributed by atoms with Gasteiger partial charge in [-0.15, -0.1) is 0 Å². The standard InChI is InChI=1S/C18H20FN7O/c1-10-6-25(9-14(10)20)16-5-21-15(4-22-16)18(27)24-12-3-13(19)17-23-11(2)7-26(17)8-12/h3-5,7-8,10,14H,6,9,20H2,1-2H3,(H,24,27)/t10-,14-/m1/s1. The van der Waals surface area contributed by atoms with E-state index in [0.717, 1.165) is 6.54 Å². The average Bonchev–Trinajstić information content (AvgIpc) is 3.17. The summed E-state index contributed by atoms with van der Waals surface area (Å²) < 4.78 is 15.7. The third kappa shape index (κ3) is 3.33. The van der Waals surface area contributed by atoms with Gasteiger partial charge < -0.3 is 20.4 Å². The number of hydrogen-bond acceptors (Lipinski definition) is 6. The maximum Gasteiger partial charge on any atom is 0.275 e. The van der Waals surface area contributed by atoms with Crippen LogP contribution < -0.4 is 16.0 Å². The number of imidazole rings is 1. The summed E-state index contributed by atoms with van der Waals surface area (Å²) in [6.07, 6.45) is 6.26. The maximum absolute atomic E-state index is 14.1. The Morgan fingerprint density at radius 2 is 2.11 bits per heavy atom. The van der Waals surface area contributed by atoms with Crippen molar-refractivity contribution in [2.75, 3.05) is 23.3 Å². The van der Waals surface area contributed by atoms with Crippen molar-refractivity contribution >= 4 is 23.1 Å².